The van der Waals surface area contributed by atoms with Crippen LogP contribution in [0.15, 0.2) is 65.7 Å². The number of amides is 1. The van der Waals surface area contributed by atoms with Gasteiger partial charge in [-0.2, -0.15) is 9.40 Å². The minimum Gasteiger partial charge on any atom is -0.311 e. The van der Waals surface area contributed by atoms with Crippen LogP contribution in [0.5, 0.6) is 0 Å². The van der Waals surface area contributed by atoms with Crippen molar-refractivity contribution in [1.82, 2.24) is 14.1 Å². The first kappa shape index (κ1) is 22.4. The van der Waals surface area contributed by atoms with Crippen LogP contribution in [0.3, 0.4) is 0 Å². The highest BCUT2D eigenvalue weighted by Crippen LogP contribution is 2.25. The number of anilines is 1. The number of carbonyl (C=O) groups is 1. The van der Waals surface area contributed by atoms with E-state index in [1.54, 1.807) is 23.0 Å². The van der Waals surface area contributed by atoms with E-state index in [-0.39, 0.29) is 29.8 Å². The van der Waals surface area contributed by atoms with Crippen LogP contribution >= 0.6 is 11.6 Å². The second kappa shape index (κ2) is 9.40. The number of aromatic nitrogens is 2. The molecule has 4 rings (SSSR count). The van der Waals surface area contributed by atoms with Gasteiger partial charge in [-0.25, -0.2) is 17.5 Å². The molecule has 1 saturated heterocycles. The first-order chi connectivity index (χ1) is 15.3. The van der Waals surface area contributed by atoms with E-state index in [4.69, 9.17) is 11.6 Å². The molecular weight excluding hydrogens is 455 g/mol. The summed E-state index contributed by atoms with van der Waals surface area (Å²) in [5, 5.41) is 7.80. The van der Waals surface area contributed by atoms with Gasteiger partial charge in [-0.05, 0) is 54.8 Å². The van der Waals surface area contributed by atoms with Crippen LogP contribution in [0.4, 0.5) is 10.2 Å². The third-order valence-corrected chi connectivity index (χ3v) is 7.61. The smallest absolute Gasteiger partial charge is 0.243 e. The molecule has 3 aromatic rings. The molecule has 10 heteroatoms. The van der Waals surface area contributed by atoms with E-state index >= 15 is 0 Å². The predicted octanol–water partition coefficient (Wildman–Crippen LogP) is 3.76. The van der Waals surface area contributed by atoms with E-state index in [1.165, 1.54) is 16.4 Å². The number of piperidine rings is 1. The van der Waals surface area contributed by atoms with Gasteiger partial charge in [0.2, 0.25) is 15.9 Å². The van der Waals surface area contributed by atoms with Crippen molar-refractivity contribution in [1.29, 1.82) is 0 Å². The Bertz CT molecular complexity index is 1210. The number of benzene rings is 2. The molecule has 168 valence electrons. The molecule has 0 saturated carbocycles. The fourth-order valence-electron chi connectivity index (χ4n) is 3.72. The van der Waals surface area contributed by atoms with Crippen molar-refractivity contribution in [3.63, 3.8) is 0 Å². The molecule has 7 nitrogen and oxygen atoms in total. The number of sulfonamides is 1. The first-order valence-corrected chi connectivity index (χ1v) is 12.0. The molecule has 1 amide bonds. The number of hydrogen-bond acceptors (Lipinski definition) is 4. The molecule has 1 aromatic heterocycles. The zero-order chi connectivity index (χ0) is 22.7. The average molecular weight is 477 g/mol. The number of rotatable bonds is 6. The molecule has 0 atom stereocenters. The van der Waals surface area contributed by atoms with Gasteiger partial charge in [-0.15, -0.1) is 0 Å². The molecule has 1 aliphatic heterocycles. The van der Waals surface area contributed by atoms with Crippen molar-refractivity contribution in [2.45, 2.75) is 24.3 Å². The Morgan fingerprint density at radius 3 is 2.53 bits per heavy atom. The Morgan fingerprint density at radius 1 is 1.12 bits per heavy atom. The molecule has 2 aromatic carbocycles. The van der Waals surface area contributed by atoms with Crippen molar-refractivity contribution in [3.05, 3.63) is 77.2 Å². The summed E-state index contributed by atoms with van der Waals surface area (Å²) in [7, 11) is -3.71. The Kier molecular flexibility index (Phi) is 6.59. The van der Waals surface area contributed by atoms with Crippen molar-refractivity contribution in [2.75, 3.05) is 18.4 Å². The highest BCUT2D eigenvalue weighted by atomic mass is 35.5. The normalized spacial score (nSPS) is 15.6. The van der Waals surface area contributed by atoms with Gasteiger partial charge in [0.05, 0.1) is 17.6 Å². The molecule has 0 radical (unpaired) electrons. The van der Waals surface area contributed by atoms with E-state index in [2.05, 4.69) is 10.4 Å². The molecule has 1 aliphatic rings. The fourth-order valence-corrected chi connectivity index (χ4v) is 5.40. The van der Waals surface area contributed by atoms with Crippen LogP contribution < -0.4 is 5.32 Å². The highest BCUT2D eigenvalue weighted by molar-refractivity contribution is 7.89. The number of hydrogen-bond donors (Lipinski definition) is 1. The monoisotopic (exact) mass is 476 g/mol. The Morgan fingerprint density at radius 2 is 1.84 bits per heavy atom. The average Bonchev–Trinajstić information content (AvgIpc) is 3.20. The number of nitrogens with one attached hydrogen (secondary N) is 1. The minimum atomic E-state index is -3.71. The third-order valence-electron chi connectivity index (χ3n) is 5.47. The summed E-state index contributed by atoms with van der Waals surface area (Å²) in [5.41, 5.74) is 0.955. The zero-order valence-electron chi connectivity index (χ0n) is 17.1. The standard InChI is InChI=1S/C22H22ClFN4O3S/c23-18-3-1-2-16(14-18)15-28-21(8-11-25-28)26-22(29)17-9-12-27(13-10-17)32(30,31)20-6-4-19(24)5-7-20/h1-8,11,14,17H,9-10,12-13,15H2,(H,26,29). The van der Waals surface area contributed by atoms with Crippen LogP contribution in [0, 0.1) is 11.7 Å². The van der Waals surface area contributed by atoms with E-state index in [0.717, 1.165) is 17.7 Å². The van der Waals surface area contributed by atoms with Crippen molar-refractivity contribution in [3.8, 4) is 0 Å². The minimum absolute atomic E-state index is 0.0479. The number of carbonyl (C=O) groups excluding carboxylic acids is 1. The van der Waals surface area contributed by atoms with Gasteiger partial charge in [-0.3, -0.25) is 4.79 Å². The molecule has 0 bridgehead atoms. The van der Waals surface area contributed by atoms with E-state index in [9.17, 15) is 17.6 Å². The van der Waals surface area contributed by atoms with Crippen LogP contribution in [0.25, 0.3) is 0 Å². The number of halogens is 2. The Balaban J connectivity index is 1.36. The first-order valence-electron chi connectivity index (χ1n) is 10.2. The van der Waals surface area contributed by atoms with Crippen LogP contribution in [-0.2, 0) is 21.4 Å². The number of nitrogens with zero attached hydrogens (tertiary/aromatic N) is 3. The second-order valence-electron chi connectivity index (χ2n) is 7.63. The summed E-state index contributed by atoms with van der Waals surface area (Å²) >= 11 is 6.04. The maximum absolute atomic E-state index is 13.1. The molecule has 1 N–H and O–H groups in total. The van der Waals surface area contributed by atoms with E-state index < -0.39 is 15.8 Å². The lowest BCUT2D eigenvalue weighted by Gasteiger charge is -2.30. The summed E-state index contributed by atoms with van der Waals surface area (Å²) in [4.78, 5) is 12.9. The molecular formula is C22H22ClFN4O3S. The molecule has 1 fully saturated rings. The zero-order valence-corrected chi connectivity index (χ0v) is 18.7. The van der Waals surface area contributed by atoms with Crippen LogP contribution in [-0.4, -0.2) is 41.5 Å². The predicted molar refractivity (Wildman–Crippen MR) is 119 cm³/mol. The molecule has 32 heavy (non-hydrogen) atoms. The van der Waals surface area contributed by atoms with Gasteiger partial charge >= 0.3 is 0 Å². The second-order valence-corrected chi connectivity index (χ2v) is 10.00. The molecule has 0 spiro atoms. The van der Waals surface area contributed by atoms with E-state index in [0.29, 0.717) is 30.2 Å². The maximum atomic E-state index is 13.1. The fraction of sp³-hybridized carbons (Fsp3) is 0.273. The van der Waals surface area contributed by atoms with Crippen LogP contribution in [0.2, 0.25) is 5.02 Å². The SMILES string of the molecule is O=C(Nc1ccnn1Cc1cccc(Cl)c1)C1CCN(S(=O)(=O)c2ccc(F)cc2)CC1. The van der Waals surface area contributed by atoms with Gasteiger partial charge < -0.3 is 5.32 Å². The molecule has 0 aliphatic carbocycles. The highest BCUT2D eigenvalue weighted by Gasteiger charge is 2.32. The van der Waals surface area contributed by atoms with Crippen molar-refractivity contribution < 1.29 is 17.6 Å². The topological polar surface area (TPSA) is 84.3 Å². The van der Waals surface area contributed by atoms with Gasteiger partial charge in [0.15, 0.2) is 0 Å². The summed E-state index contributed by atoms with van der Waals surface area (Å²) in [5.74, 6) is -0.411. The Hall–Kier alpha value is -2.75. The van der Waals surface area contributed by atoms with Gasteiger partial charge in [0.25, 0.3) is 0 Å². The summed E-state index contributed by atoms with van der Waals surface area (Å²) in [6.07, 6.45) is 2.40. The lowest BCUT2D eigenvalue weighted by atomic mass is 9.97. The van der Waals surface area contributed by atoms with Gasteiger partial charge in [0.1, 0.15) is 11.6 Å². The third kappa shape index (κ3) is 5.01. The largest absolute Gasteiger partial charge is 0.311 e. The van der Waals surface area contributed by atoms with Crippen molar-refractivity contribution >= 4 is 33.3 Å². The Labute approximate surface area is 190 Å². The molecule has 0 unspecified atom stereocenters. The summed E-state index contributed by atoms with van der Waals surface area (Å²) in [6, 6.07) is 13.9. The summed E-state index contributed by atoms with van der Waals surface area (Å²) in [6.45, 7) is 0.899. The maximum Gasteiger partial charge on any atom is 0.243 e. The summed E-state index contributed by atoms with van der Waals surface area (Å²) < 4.78 is 41.6. The lowest BCUT2D eigenvalue weighted by molar-refractivity contribution is -0.121. The lowest BCUT2D eigenvalue weighted by Crippen LogP contribution is -2.41. The molecule has 2 heterocycles. The quantitative estimate of drug-likeness (QED) is 0.587. The van der Waals surface area contributed by atoms with Crippen LogP contribution in [0.1, 0.15) is 18.4 Å². The van der Waals surface area contributed by atoms with Gasteiger partial charge in [-0.1, -0.05) is 23.7 Å². The van der Waals surface area contributed by atoms with Gasteiger partial charge in [0, 0.05) is 30.1 Å². The van der Waals surface area contributed by atoms with Crippen molar-refractivity contribution in [2.24, 2.45) is 5.92 Å². The van der Waals surface area contributed by atoms with E-state index in [1.807, 2.05) is 18.2 Å².